The summed E-state index contributed by atoms with van der Waals surface area (Å²) in [6.45, 7) is 7.29. The molecule has 0 amide bonds. The van der Waals surface area contributed by atoms with Crippen molar-refractivity contribution in [2.75, 3.05) is 37.6 Å². The SMILES string of the molecule is Cc1nc(-c2ccccc2)cc(N2CCN(CCc3ccccc3)CC2)n1. The minimum atomic E-state index is 0.831. The molecule has 0 saturated carbocycles. The second-order valence-electron chi connectivity index (χ2n) is 7.09. The molecule has 0 atom stereocenters. The third-order valence-corrected chi connectivity index (χ3v) is 5.15. The van der Waals surface area contributed by atoms with E-state index in [1.54, 1.807) is 0 Å². The molecule has 1 aromatic heterocycles. The minimum absolute atomic E-state index is 0.831. The molecule has 4 rings (SSSR count). The summed E-state index contributed by atoms with van der Waals surface area (Å²) in [6.07, 6.45) is 1.12. The highest BCUT2D eigenvalue weighted by molar-refractivity contribution is 5.62. The van der Waals surface area contributed by atoms with Crippen LogP contribution in [0.3, 0.4) is 0 Å². The predicted molar refractivity (Wildman–Crippen MR) is 111 cm³/mol. The Balaban J connectivity index is 1.39. The highest BCUT2D eigenvalue weighted by Crippen LogP contribution is 2.22. The molecular weight excluding hydrogens is 332 g/mol. The zero-order chi connectivity index (χ0) is 18.5. The second kappa shape index (κ2) is 8.31. The molecule has 0 spiro atoms. The van der Waals surface area contributed by atoms with Crippen molar-refractivity contribution in [3.05, 3.63) is 78.1 Å². The summed E-state index contributed by atoms with van der Waals surface area (Å²) in [5.74, 6) is 1.88. The third-order valence-electron chi connectivity index (χ3n) is 5.15. The van der Waals surface area contributed by atoms with E-state index in [1.807, 2.05) is 13.0 Å². The highest BCUT2D eigenvalue weighted by atomic mass is 15.3. The van der Waals surface area contributed by atoms with Gasteiger partial charge in [0.2, 0.25) is 0 Å². The van der Waals surface area contributed by atoms with Crippen LogP contribution in [0, 0.1) is 6.92 Å². The summed E-state index contributed by atoms with van der Waals surface area (Å²) in [5.41, 5.74) is 3.56. The summed E-state index contributed by atoms with van der Waals surface area (Å²) >= 11 is 0. The molecule has 1 fully saturated rings. The molecule has 138 valence electrons. The zero-order valence-electron chi connectivity index (χ0n) is 15.9. The van der Waals surface area contributed by atoms with Gasteiger partial charge in [-0.2, -0.15) is 0 Å². The number of aromatic nitrogens is 2. The predicted octanol–water partition coefficient (Wildman–Crippen LogP) is 3.82. The average Bonchev–Trinajstić information content (AvgIpc) is 2.73. The van der Waals surface area contributed by atoms with Gasteiger partial charge in [0, 0.05) is 44.4 Å². The smallest absolute Gasteiger partial charge is 0.132 e. The van der Waals surface area contributed by atoms with Crippen LogP contribution in [-0.2, 0) is 6.42 Å². The van der Waals surface area contributed by atoms with Crippen LogP contribution in [0.5, 0.6) is 0 Å². The van der Waals surface area contributed by atoms with Crippen LogP contribution in [0.4, 0.5) is 5.82 Å². The fraction of sp³-hybridized carbons (Fsp3) is 0.304. The summed E-state index contributed by atoms with van der Waals surface area (Å²) in [7, 11) is 0. The van der Waals surface area contributed by atoms with Crippen LogP contribution >= 0.6 is 0 Å². The Morgan fingerprint density at radius 3 is 2.19 bits per heavy atom. The maximum atomic E-state index is 4.70. The van der Waals surface area contributed by atoms with Crippen molar-refractivity contribution in [2.45, 2.75) is 13.3 Å². The second-order valence-corrected chi connectivity index (χ2v) is 7.09. The number of benzene rings is 2. The van der Waals surface area contributed by atoms with Gasteiger partial charge in [0.1, 0.15) is 11.6 Å². The van der Waals surface area contributed by atoms with Gasteiger partial charge < -0.3 is 4.90 Å². The van der Waals surface area contributed by atoms with Crippen LogP contribution in [0.2, 0.25) is 0 Å². The van der Waals surface area contributed by atoms with E-state index in [9.17, 15) is 0 Å². The van der Waals surface area contributed by atoms with Crippen molar-refractivity contribution in [1.29, 1.82) is 0 Å². The molecule has 0 aliphatic carbocycles. The summed E-state index contributed by atoms with van der Waals surface area (Å²) < 4.78 is 0. The Morgan fingerprint density at radius 1 is 0.815 bits per heavy atom. The molecule has 0 bridgehead atoms. The first kappa shape index (κ1) is 17.7. The first-order chi connectivity index (χ1) is 13.3. The monoisotopic (exact) mass is 358 g/mol. The molecule has 0 radical (unpaired) electrons. The van der Waals surface area contributed by atoms with E-state index in [1.165, 1.54) is 5.56 Å². The number of piperazine rings is 1. The molecule has 3 aromatic rings. The summed E-state index contributed by atoms with van der Waals surface area (Å²) in [5, 5.41) is 0. The van der Waals surface area contributed by atoms with E-state index in [-0.39, 0.29) is 0 Å². The largest absolute Gasteiger partial charge is 0.354 e. The molecule has 27 heavy (non-hydrogen) atoms. The van der Waals surface area contributed by atoms with Gasteiger partial charge in [0.25, 0.3) is 0 Å². The molecule has 0 unspecified atom stereocenters. The highest BCUT2D eigenvalue weighted by Gasteiger charge is 2.19. The topological polar surface area (TPSA) is 32.3 Å². The first-order valence-corrected chi connectivity index (χ1v) is 9.70. The zero-order valence-corrected chi connectivity index (χ0v) is 15.9. The van der Waals surface area contributed by atoms with Crippen molar-refractivity contribution >= 4 is 5.82 Å². The van der Waals surface area contributed by atoms with Gasteiger partial charge in [-0.25, -0.2) is 9.97 Å². The third kappa shape index (κ3) is 4.52. The molecule has 1 aliphatic heterocycles. The Kier molecular flexibility index (Phi) is 5.45. The van der Waals surface area contributed by atoms with Crippen molar-refractivity contribution < 1.29 is 0 Å². The molecule has 1 aliphatic rings. The van der Waals surface area contributed by atoms with Gasteiger partial charge in [-0.3, -0.25) is 4.90 Å². The van der Waals surface area contributed by atoms with Crippen LogP contribution < -0.4 is 4.90 Å². The van der Waals surface area contributed by atoms with E-state index < -0.39 is 0 Å². The van der Waals surface area contributed by atoms with Crippen LogP contribution in [0.25, 0.3) is 11.3 Å². The standard InChI is InChI=1S/C23H26N4/c1-19-24-22(21-10-6-3-7-11-21)18-23(25-19)27-16-14-26(15-17-27)13-12-20-8-4-2-5-9-20/h2-11,18H,12-17H2,1H3. The Bertz CT molecular complexity index is 856. The van der Waals surface area contributed by atoms with Gasteiger partial charge in [0.15, 0.2) is 0 Å². The Hall–Kier alpha value is -2.72. The molecule has 1 saturated heterocycles. The number of hydrogen-bond donors (Lipinski definition) is 0. The van der Waals surface area contributed by atoms with E-state index >= 15 is 0 Å². The maximum Gasteiger partial charge on any atom is 0.132 e. The molecule has 2 aromatic carbocycles. The molecular formula is C23H26N4. The van der Waals surface area contributed by atoms with Crippen LogP contribution in [0.1, 0.15) is 11.4 Å². The fourth-order valence-corrected chi connectivity index (χ4v) is 3.60. The molecule has 2 heterocycles. The van der Waals surface area contributed by atoms with E-state index in [0.717, 1.165) is 62.0 Å². The van der Waals surface area contributed by atoms with Gasteiger partial charge >= 0.3 is 0 Å². The Morgan fingerprint density at radius 2 is 1.48 bits per heavy atom. The van der Waals surface area contributed by atoms with Gasteiger partial charge in [-0.15, -0.1) is 0 Å². The normalized spacial score (nSPS) is 15.1. The lowest BCUT2D eigenvalue weighted by Gasteiger charge is -2.35. The van der Waals surface area contributed by atoms with E-state index in [0.29, 0.717) is 0 Å². The molecule has 0 N–H and O–H groups in total. The number of anilines is 1. The van der Waals surface area contributed by atoms with E-state index in [4.69, 9.17) is 4.98 Å². The van der Waals surface area contributed by atoms with Gasteiger partial charge in [-0.05, 0) is 18.9 Å². The minimum Gasteiger partial charge on any atom is -0.354 e. The lowest BCUT2D eigenvalue weighted by Crippen LogP contribution is -2.47. The number of aryl methyl sites for hydroxylation is 1. The lowest BCUT2D eigenvalue weighted by atomic mass is 10.1. The number of nitrogens with zero attached hydrogens (tertiary/aromatic N) is 4. The van der Waals surface area contributed by atoms with Crippen molar-refractivity contribution in [2.24, 2.45) is 0 Å². The maximum absolute atomic E-state index is 4.70. The molecule has 4 heteroatoms. The quantitative estimate of drug-likeness (QED) is 0.694. The summed E-state index contributed by atoms with van der Waals surface area (Å²) in [4.78, 5) is 14.3. The number of hydrogen-bond acceptors (Lipinski definition) is 4. The molecule has 4 nitrogen and oxygen atoms in total. The Labute approximate surface area is 161 Å². The van der Waals surface area contributed by atoms with Gasteiger partial charge in [0.05, 0.1) is 5.69 Å². The average molecular weight is 358 g/mol. The first-order valence-electron chi connectivity index (χ1n) is 9.70. The van der Waals surface area contributed by atoms with Gasteiger partial charge in [-0.1, -0.05) is 60.7 Å². The summed E-state index contributed by atoms with van der Waals surface area (Å²) in [6, 6.07) is 23.2. The lowest BCUT2D eigenvalue weighted by molar-refractivity contribution is 0.260. The van der Waals surface area contributed by atoms with Crippen LogP contribution in [0.15, 0.2) is 66.7 Å². The van der Waals surface area contributed by atoms with E-state index in [2.05, 4.69) is 75.4 Å². The van der Waals surface area contributed by atoms with Crippen molar-refractivity contribution in [3.63, 3.8) is 0 Å². The van der Waals surface area contributed by atoms with Crippen molar-refractivity contribution in [1.82, 2.24) is 14.9 Å². The fourth-order valence-electron chi connectivity index (χ4n) is 3.60. The van der Waals surface area contributed by atoms with Crippen LogP contribution in [-0.4, -0.2) is 47.6 Å². The van der Waals surface area contributed by atoms with Crippen molar-refractivity contribution in [3.8, 4) is 11.3 Å². The number of rotatable bonds is 5.